The molecule has 38 heavy (non-hydrogen) atoms. The number of hydrogen-bond acceptors (Lipinski definition) is 8. The molecule has 0 aliphatic carbocycles. The number of esters is 1. The predicted octanol–water partition coefficient (Wildman–Crippen LogP) is 4.06. The summed E-state index contributed by atoms with van der Waals surface area (Å²) in [4.78, 5) is 31.9. The molecule has 0 saturated carbocycles. The van der Waals surface area contributed by atoms with Gasteiger partial charge in [0.15, 0.2) is 22.9 Å². The fourth-order valence-electron chi connectivity index (χ4n) is 4.19. The highest BCUT2D eigenvalue weighted by Crippen LogP contribution is 2.37. The maximum Gasteiger partial charge on any atom is 0.338 e. The van der Waals surface area contributed by atoms with Crippen LogP contribution in [0.5, 0.6) is 11.5 Å². The molecule has 0 saturated heterocycles. The van der Waals surface area contributed by atoms with Crippen molar-refractivity contribution >= 4 is 35.0 Å². The van der Waals surface area contributed by atoms with E-state index >= 15 is 0 Å². The SMILES string of the molecule is CCOC(=O)C1=C(C)N=c2s/c(=C/c3cc(Cl)c(OCC#N)c(OCC)c3)c(=O)n2[C@H]1c1ccc(C)cc1. The van der Waals surface area contributed by atoms with E-state index in [1.807, 2.05) is 44.2 Å². The first-order valence-electron chi connectivity index (χ1n) is 12.0. The van der Waals surface area contributed by atoms with Gasteiger partial charge in [-0.15, -0.1) is 0 Å². The van der Waals surface area contributed by atoms with E-state index in [4.69, 9.17) is 31.1 Å². The molecule has 1 aliphatic heterocycles. The fraction of sp³-hybridized carbons (Fsp3) is 0.286. The van der Waals surface area contributed by atoms with Crippen LogP contribution in [0.2, 0.25) is 5.02 Å². The second-order valence-electron chi connectivity index (χ2n) is 8.42. The lowest BCUT2D eigenvalue weighted by atomic mass is 9.95. The van der Waals surface area contributed by atoms with Gasteiger partial charge in [-0.05, 0) is 57.0 Å². The number of ether oxygens (including phenoxy) is 3. The summed E-state index contributed by atoms with van der Waals surface area (Å²) < 4.78 is 18.4. The molecule has 2 heterocycles. The number of fused-ring (bicyclic) bond motifs is 1. The molecule has 1 atom stereocenters. The minimum Gasteiger partial charge on any atom is -0.490 e. The Balaban J connectivity index is 1.90. The summed E-state index contributed by atoms with van der Waals surface area (Å²) in [6.07, 6.45) is 1.70. The van der Waals surface area contributed by atoms with Crippen molar-refractivity contribution < 1.29 is 19.0 Å². The summed E-state index contributed by atoms with van der Waals surface area (Å²) in [5.74, 6) is 0.129. The lowest BCUT2D eigenvalue weighted by molar-refractivity contribution is -0.139. The Morgan fingerprint density at radius 1 is 1.18 bits per heavy atom. The minimum absolute atomic E-state index is 0.182. The first-order valence-corrected chi connectivity index (χ1v) is 13.2. The summed E-state index contributed by atoms with van der Waals surface area (Å²) in [5.41, 5.74) is 2.98. The standard InChI is InChI=1S/C28H26ClN3O5S/c1-5-35-21-14-18(13-20(29)25(21)37-12-11-30)15-22-26(33)32-24(19-9-7-16(3)8-10-19)23(27(34)36-6-2)17(4)31-28(32)38-22/h7-10,13-15,24H,5-6,12H2,1-4H3/b22-15+/t24-/m0/s1. The monoisotopic (exact) mass is 551 g/mol. The van der Waals surface area contributed by atoms with Crippen molar-refractivity contribution in [1.29, 1.82) is 5.26 Å². The van der Waals surface area contributed by atoms with Gasteiger partial charge in [-0.2, -0.15) is 5.26 Å². The Bertz CT molecular complexity index is 1630. The number of aromatic nitrogens is 1. The number of rotatable bonds is 8. The lowest BCUT2D eigenvalue weighted by Gasteiger charge is -2.24. The van der Waals surface area contributed by atoms with Gasteiger partial charge in [0, 0.05) is 0 Å². The van der Waals surface area contributed by atoms with Crippen molar-refractivity contribution in [3.8, 4) is 17.6 Å². The highest BCUT2D eigenvalue weighted by molar-refractivity contribution is 7.07. The molecule has 0 amide bonds. The zero-order chi connectivity index (χ0) is 27.4. The van der Waals surface area contributed by atoms with Crippen LogP contribution in [0, 0.1) is 18.3 Å². The highest BCUT2D eigenvalue weighted by Gasteiger charge is 2.33. The number of nitriles is 1. The first-order chi connectivity index (χ1) is 18.3. The van der Waals surface area contributed by atoms with E-state index in [-0.39, 0.29) is 29.5 Å². The smallest absolute Gasteiger partial charge is 0.338 e. The quantitative estimate of drug-likeness (QED) is 0.391. The summed E-state index contributed by atoms with van der Waals surface area (Å²) in [7, 11) is 0. The van der Waals surface area contributed by atoms with Crippen molar-refractivity contribution in [3.05, 3.63) is 89.1 Å². The molecule has 0 unspecified atom stereocenters. The Morgan fingerprint density at radius 3 is 2.58 bits per heavy atom. The number of thiazole rings is 1. The number of halogens is 1. The number of hydrogen-bond donors (Lipinski definition) is 0. The van der Waals surface area contributed by atoms with Gasteiger partial charge in [-0.25, -0.2) is 9.79 Å². The molecule has 0 bridgehead atoms. The zero-order valence-electron chi connectivity index (χ0n) is 21.4. The van der Waals surface area contributed by atoms with Crippen LogP contribution in [-0.2, 0) is 9.53 Å². The Kier molecular flexibility index (Phi) is 8.35. The van der Waals surface area contributed by atoms with Crippen molar-refractivity contribution in [3.63, 3.8) is 0 Å². The second-order valence-corrected chi connectivity index (χ2v) is 9.84. The van der Waals surface area contributed by atoms with Crippen LogP contribution < -0.4 is 24.4 Å². The first kappa shape index (κ1) is 27.2. The van der Waals surface area contributed by atoms with Crippen LogP contribution >= 0.6 is 22.9 Å². The van der Waals surface area contributed by atoms with Gasteiger partial charge in [0.2, 0.25) is 0 Å². The molecular weight excluding hydrogens is 526 g/mol. The molecule has 1 aromatic heterocycles. The van der Waals surface area contributed by atoms with Gasteiger partial charge in [-0.3, -0.25) is 9.36 Å². The van der Waals surface area contributed by atoms with E-state index < -0.39 is 12.0 Å². The van der Waals surface area contributed by atoms with Gasteiger partial charge in [0.25, 0.3) is 5.56 Å². The Hall–Kier alpha value is -3.87. The minimum atomic E-state index is -0.683. The molecular formula is C28H26ClN3O5S. The molecule has 4 rings (SSSR count). The van der Waals surface area contributed by atoms with Gasteiger partial charge in [-0.1, -0.05) is 52.8 Å². The van der Waals surface area contributed by atoms with Crippen molar-refractivity contribution in [2.24, 2.45) is 4.99 Å². The van der Waals surface area contributed by atoms with Crippen LogP contribution in [0.15, 0.2) is 57.5 Å². The number of aryl methyl sites for hydroxylation is 1. The van der Waals surface area contributed by atoms with Gasteiger partial charge < -0.3 is 14.2 Å². The van der Waals surface area contributed by atoms with Crippen molar-refractivity contribution in [2.75, 3.05) is 19.8 Å². The number of allylic oxidation sites excluding steroid dienone is 1. The van der Waals surface area contributed by atoms with Crippen molar-refractivity contribution in [2.45, 2.75) is 33.7 Å². The summed E-state index contributed by atoms with van der Waals surface area (Å²) >= 11 is 7.66. The average Bonchev–Trinajstić information content (AvgIpc) is 3.17. The third-order valence-corrected chi connectivity index (χ3v) is 7.08. The Labute approximate surface area is 228 Å². The zero-order valence-corrected chi connectivity index (χ0v) is 23.0. The summed E-state index contributed by atoms with van der Waals surface area (Å²) in [6, 6.07) is 12.3. The number of benzene rings is 2. The molecule has 10 heteroatoms. The van der Waals surface area contributed by atoms with E-state index in [0.717, 1.165) is 11.1 Å². The number of carbonyl (C=O) groups is 1. The molecule has 2 aromatic carbocycles. The maximum absolute atomic E-state index is 13.8. The molecule has 196 valence electrons. The van der Waals surface area contributed by atoms with Gasteiger partial charge >= 0.3 is 5.97 Å². The predicted molar refractivity (Wildman–Crippen MR) is 145 cm³/mol. The van der Waals surface area contributed by atoms with Crippen LogP contribution in [-0.4, -0.2) is 30.4 Å². The largest absolute Gasteiger partial charge is 0.490 e. The van der Waals surface area contributed by atoms with Crippen LogP contribution in [0.1, 0.15) is 43.5 Å². The normalized spacial score (nSPS) is 14.9. The van der Waals surface area contributed by atoms with Crippen LogP contribution in [0.4, 0.5) is 0 Å². The molecule has 0 radical (unpaired) electrons. The molecule has 8 nitrogen and oxygen atoms in total. The van der Waals surface area contributed by atoms with E-state index in [0.29, 0.717) is 38.5 Å². The van der Waals surface area contributed by atoms with E-state index in [1.54, 1.807) is 32.1 Å². The van der Waals surface area contributed by atoms with Crippen LogP contribution in [0.25, 0.3) is 6.08 Å². The fourth-order valence-corrected chi connectivity index (χ4v) is 5.51. The maximum atomic E-state index is 13.8. The number of carbonyl (C=O) groups excluding carboxylic acids is 1. The highest BCUT2D eigenvalue weighted by atomic mass is 35.5. The third kappa shape index (κ3) is 5.37. The van der Waals surface area contributed by atoms with E-state index in [1.165, 1.54) is 15.9 Å². The lowest BCUT2D eigenvalue weighted by Crippen LogP contribution is -2.39. The van der Waals surface area contributed by atoms with Crippen molar-refractivity contribution in [1.82, 2.24) is 4.57 Å². The van der Waals surface area contributed by atoms with Gasteiger partial charge in [0.1, 0.15) is 6.07 Å². The molecule has 0 spiro atoms. The second kappa shape index (κ2) is 11.7. The molecule has 0 N–H and O–H groups in total. The van der Waals surface area contributed by atoms with Gasteiger partial charge in [0.05, 0.1) is 40.1 Å². The summed E-state index contributed by atoms with van der Waals surface area (Å²) in [5, 5.41) is 9.13. The molecule has 3 aromatic rings. The number of nitrogens with zero attached hydrogens (tertiary/aromatic N) is 3. The van der Waals surface area contributed by atoms with Crippen LogP contribution in [0.3, 0.4) is 0 Å². The average molecular weight is 552 g/mol. The third-order valence-electron chi connectivity index (χ3n) is 5.82. The van der Waals surface area contributed by atoms with E-state index in [2.05, 4.69) is 4.99 Å². The van der Waals surface area contributed by atoms with E-state index in [9.17, 15) is 9.59 Å². The molecule has 1 aliphatic rings. The Morgan fingerprint density at radius 2 is 1.92 bits per heavy atom. The summed E-state index contributed by atoms with van der Waals surface area (Å²) in [6.45, 7) is 7.66. The topological polar surface area (TPSA) is 103 Å². The molecule has 0 fully saturated rings.